The topological polar surface area (TPSA) is 52.8 Å². The maximum atomic E-state index is 12.1. The van der Waals surface area contributed by atoms with E-state index in [0.717, 1.165) is 16.6 Å². The zero-order valence-corrected chi connectivity index (χ0v) is 12.8. The zero-order valence-electron chi connectivity index (χ0n) is 12.0. The lowest BCUT2D eigenvalue weighted by atomic mass is 10.1. The van der Waals surface area contributed by atoms with E-state index >= 15 is 0 Å². The zero-order chi connectivity index (χ0) is 14.8. The molecule has 0 saturated carbocycles. The number of benzene rings is 1. The summed E-state index contributed by atoms with van der Waals surface area (Å²) in [4.78, 5) is 16.9. The first-order valence-corrected chi connectivity index (χ1v) is 7.63. The van der Waals surface area contributed by atoms with E-state index in [4.69, 9.17) is 9.47 Å². The minimum atomic E-state index is -0.407. The number of fused-ring (bicyclic) bond motifs is 1. The number of hydrogen-bond donors (Lipinski definition) is 0. The van der Waals surface area contributed by atoms with Crippen molar-refractivity contribution in [3.8, 4) is 0 Å². The van der Waals surface area contributed by atoms with Crippen LogP contribution in [0.15, 0.2) is 35.2 Å². The molecule has 0 fully saturated rings. The highest BCUT2D eigenvalue weighted by atomic mass is 32.1. The van der Waals surface area contributed by atoms with E-state index in [0.29, 0.717) is 18.0 Å². The van der Waals surface area contributed by atoms with Crippen molar-refractivity contribution in [1.29, 1.82) is 0 Å². The molecule has 0 N–H and O–H groups in total. The van der Waals surface area contributed by atoms with Gasteiger partial charge in [0.15, 0.2) is 4.80 Å². The van der Waals surface area contributed by atoms with Crippen molar-refractivity contribution in [3.05, 3.63) is 40.6 Å². The predicted octanol–water partition coefficient (Wildman–Crippen LogP) is 2.12. The summed E-state index contributed by atoms with van der Waals surface area (Å²) in [5.74, 6) is -0.246. The average molecular weight is 304 g/mol. The highest BCUT2D eigenvalue weighted by Crippen LogP contribution is 2.21. The number of aromatic nitrogens is 1. The van der Waals surface area contributed by atoms with Gasteiger partial charge in [-0.1, -0.05) is 30.4 Å². The number of hydrogen-bond acceptors (Lipinski definition) is 4. The van der Waals surface area contributed by atoms with E-state index in [2.05, 4.69) is 18.0 Å². The molecule has 0 radical (unpaired) electrons. The van der Waals surface area contributed by atoms with Crippen molar-refractivity contribution in [3.63, 3.8) is 0 Å². The van der Waals surface area contributed by atoms with Gasteiger partial charge in [-0.2, -0.15) is 4.99 Å². The monoisotopic (exact) mass is 304 g/mol. The summed E-state index contributed by atoms with van der Waals surface area (Å²) in [6.45, 7) is 2.96. The standard InChI is InChI=1S/C15H16N2O3S/c1-3-10-5-4-6-12-13(10)17(2)15(21-12)16-14(18)11-9-19-7-8-20-11/h4-6,9H,3,7-8H2,1-2H3. The quantitative estimate of drug-likeness (QED) is 0.854. The molecule has 110 valence electrons. The Hall–Kier alpha value is -2.08. The van der Waals surface area contributed by atoms with Crippen molar-refractivity contribution in [2.24, 2.45) is 12.0 Å². The van der Waals surface area contributed by atoms with Gasteiger partial charge in [0, 0.05) is 7.05 Å². The lowest BCUT2D eigenvalue weighted by molar-refractivity contribution is -0.119. The number of amides is 1. The third kappa shape index (κ3) is 2.58. The molecule has 0 saturated heterocycles. The second-order valence-corrected chi connectivity index (χ2v) is 5.69. The molecule has 0 spiro atoms. The highest BCUT2D eigenvalue weighted by Gasteiger charge is 2.15. The van der Waals surface area contributed by atoms with Crippen LogP contribution >= 0.6 is 11.3 Å². The molecule has 1 aliphatic heterocycles. The number of carbonyl (C=O) groups excluding carboxylic acids is 1. The number of ether oxygens (including phenoxy) is 2. The first kappa shape index (κ1) is 13.9. The maximum absolute atomic E-state index is 12.1. The minimum Gasteiger partial charge on any atom is -0.494 e. The van der Waals surface area contributed by atoms with Crippen LogP contribution in [0.3, 0.4) is 0 Å². The number of thiazole rings is 1. The van der Waals surface area contributed by atoms with Crippen molar-refractivity contribution in [1.82, 2.24) is 4.57 Å². The maximum Gasteiger partial charge on any atom is 0.317 e. The molecule has 1 amide bonds. The molecule has 6 heteroatoms. The Balaban J connectivity index is 2.08. The van der Waals surface area contributed by atoms with Crippen LogP contribution in [-0.4, -0.2) is 23.7 Å². The molecule has 3 rings (SSSR count). The van der Waals surface area contributed by atoms with Crippen molar-refractivity contribution in [2.75, 3.05) is 13.2 Å². The molecular weight excluding hydrogens is 288 g/mol. The van der Waals surface area contributed by atoms with E-state index in [1.54, 1.807) is 0 Å². The normalized spacial score (nSPS) is 15.5. The van der Waals surface area contributed by atoms with Crippen LogP contribution in [0.1, 0.15) is 12.5 Å². The first-order valence-electron chi connectivity index (χ1n) is 6.81. The Kier molecular flexibility index (Phi) is 3.79. The van der Waals surface area contributed by atoms with Gasteiger partial charge < -0.3 is 14.0 Å². The molecule has 2 aromatic rings. The molecule has 0 bridgehead atoms. The lowest BCUT2D eigenvalue weighted by Crippen LogP contribution is -2.18. The molecule has 2 heterocycles. The number of carbonyl (C=O) groups is 1. The molecule has 1 aliphatic rings. The fourth-order valence-corrected chi connectivity index (χ4v) is 3.36. The Morgan fingerprint density at radius 2 is 2.29 bits per heavy atom. The SMILES string of the molecule is CCc1cccc2sc(=NC(=O)C3=COCCO3)n(C)c12. The second kappa shape index (κ2) is 5.73. The summed E-state index contributed by atoms with van der Waals surface area (Å²) in [6.07, 6.45) is 2.28. The van der Waals surface area contributed by atoms with Crippen LogP contribution in [0.5, 0.6) is 0 Å². The number of nitrogens with zero attached hydrogens (tertiary/aromatic N) is 2. The first-order chi connectivity index (χ1) is 10.2. The van der Waals surface area contributed by atoms with Gasteiger partial charge in [-0.3, -0.25) is 4.79 Å². The molecule has 0 aliphatic carbocycles. The van der Waals surface area contributed by atoms with E-state index in [-0.39, 0.29) is 5.76 Å². The summed E-state index contributed by atoms with van der Waals surface area (Å²) >= 11 is 1.50. The van der Waals surface area contributed by atoms with Crippen LogP contribution in [0, 0.1) is 0 Å². The fraction of sp³-hybridized carbons (Fsp3) is 0.333. The molecule has 21 heavy (non-hydrogen) atoms. The summed E-state index contributed by atoms with van der Waals surface area (Å²) in [5, 5.41) is 0. The Labute approximate surface area is 126 Å². The predicted molar refractivity (Wildman–Crippen MR) is 80.7 cm³/mol. The summed E-state index contributed by atoms with van der Waals surface area (Å²) in [7, 11) is 1.93. The molecule has 5 nitrogen and oxygen atoms in total. The molecule has 1 aromatic carbocycles. The average Bonchev–Trinajstić information content (AvgIpc) is 2.84. The van der Waals surface area contributed by atoms with Crippen LogP contribution in [0.25, 0.3) is 10.2 Å². The van der Waals surface area contributed by atoms with Gasteiger partial charge in [0.2, 0.25) is 5.76 Å². The molecule has 0 atom stereocenters. The van der Waals surface area contributed by atoms with Crippen LogP contribution in [0.4, 0.5) is 0 Å². The van der Waals surface area contributed by atoms with Gasteiger partial charge in [-0.05, 0) is 18.1 Å². The highest BCUT2D eigenvalue weighted by molar-refractivity contribution is 7.16. The van der Waals surface area contributed by atoms with E-state index in [9.17, 15) is 4.79 Å². The third-order valence-corrected chi connectivity index (χ3v) is 4.44. The number of aryl methyl sites for hydroxylation is 2. The Bertz CT molecular complexity index is 786. The van der Waals surface area contributed by atoms with Gasteiger partial charge in [0.05, 0.1) is 10.2 Å². The lowest BCUT2D eigenvalue weighted by Gasteiger charge is -2.12. The number of para-hydroxylation sites is 1. The van der Waals surface area contributed by atoms with Crippen molar-refractivity contribution < 1.29 is 14.3 Å². The smallest absolute Gasteiger partial charge is 0.317 e. The van der Waals surface area contributed by atoms with Crippen molar-refractivity contribution in [2.45, 2.75) is 13.3 Å². The van der Waals surface area contributed by atoms with Crippen LogP contribution in [-0.2, 0) is 27.7 Å². The van der Waals surface area contributed by atoms with E-state index in [1.807, 2.05) is 23.7 Å². The van der Waals surface area contributed by atoms with Crippen LogP contribution in [0.2, 0.25) is 0 Å². The number of rotatable bonds is 2. The van der Waals surface area contributed by atoms with Gasteiger partial charge >= 0.3 is 5.91 Å². The van der Waals surface area contributed by atoms with E-state index < -0.39 is 5.91 Å². The fourth-order valence-electron chi connectivity index (χ4n) is 2.30. The molecular formula is C15H16N2O3S. The summed E-state index contributed by atoms with van der Waals surface area (Å²) in [5.41, 5.74) is 2.38. The van der Waals surface area contributed by atoms with Gasteiger partial charge in [0.25, 0.3) is 0 Å². The van der Waals surface area contributed by atoms with Crippen molar-refractivity contribution >= 4 is 27.5 Å². The minimum absolute atomic E-state index is 0.162. The van der Waals surface area contributed by atoms with Gasteiger partial charge in [-0.25, -0.2) is 0 Å². The second-order valence-electron chi connectivity index (χ2n) is 4.68. The molecule has 0 unspecified atom stereocenters. The Morgan fingerprint density at radius 1 is 1.43 bits per heavy atom. The largest absolute Gasteiger partial charge is 0.494 e. The summed E-state index contributed by atoms with van der Waals surface area (Å²) < 4.78 is 13.4. The van der Waals surface area contributed by atoms with E-state index in [1.165, 1.54) is 23.2 Å². The Morgan fingerprint density at radius 3 is 3.00 bits per heavy atom. The third-order valence-electron chi connectivity index (χ3n) is 3.34. The van der Waals surface area contributed by atoms with Gasteiger partial charge in [-0.15, -0.1) is 0 Å². The molecule has 1 aromatic heterocycles. The van der Waals surface area contributed by atoms with Crippen LogP contribution < -0.4 is 4.80 Å². The van der Waals surface area contributed by atoms with Gasteiger partial charge in [0.1, 0.15) is 19.5 Å². The summed E-state index contributed by atoms with van der Waals surface area (Å²) in [6, 6.07) is 6.17.